The molecule has 4 nitrogen and oxygen atoms in total. The van der Waals surface area contributed by atoms with Crippen molar-refractivity contribution in [3.8, 4) is 16.3 Å². The van der Waals surface area contributed by atoms with Gasteiger partial charge in [0.15, 0.2) is 0 Å². The molecule has 0 amide bonds. The second-order valence-corrected chi connectivity index (χ2v) is 6.94. The Morgan fingerprint density at radius 3 is 2.71 bits per heavy atom. The lowest BCUT2D eigenvalue weighted by Crippen LogP contribution is -1.99. The molecule has 0 aliphatic carbocycles. The van der Waals surface area contributed by atoms with Crippen LogP contribution in [0.5, 0.6) is 5.75 Å². The van der Waals surface area contributed by atoms with Crippen LogP contribution in [0.15, 0.2) is 18.2 Å². The predicted molar refractivity (Wildman–Crippen MR) is 98.5 cm³/mol. The molecule has 0 unspecified atom stereocenters. The first-order chi connectivity index (χ1) is 11.6. The molecule has 0 aliphatic heterocycles. The van der Waals surface area contributed by atoms with Gasteiger partial charge < -0.3 is 9.84 Å². The zero-order valence-electron chi connectivity index (χ0n) is 14.0. The van der Waals surface area contributed by atoms with Gasteiger partial charge in [-0.2, -0.15) is 0 Å². The van der Waals surface area contributed by atoms with Gasteiger partial charge in [0.25, 0.3) is 0 Å². The highest BCUT2D eigenvalue weighted by molar-refractivity contribution is 7.17. The van der Waals surface area contributed by atoms with E-state index in [2.05, 4.69) is 11.9 Å². The van der Waals surface area contributed by atoms with Crippen LogP contribution >= 0.6 is 22.9 Å². The van der Waals surface area contributed by atoms with E-state index in [0.717, 1.165) is 18.4 Å². The fourth-order valence-electron chi connectivity index (χ4n) is 2.38. The SMILES string of the molecule is CCCCCCOc1ccc(Cl)cc1-c1nc(CC)c(C(=O)O)s1. The summed E-state index contributed by atoms with van der Waals surface area (Å²) in [4.78, 5) is 16.1. The molecule has 0 atom stereocenters. The number of hydrogen-bond donors (Lipinski definition) is 1. The number of carboxylic acids is 1. The summed E-state index contributed by atoms with van der Waals surface area (Å²) in [5, 5.41) is 10.5. The number of aromatic carboxylic acids is 1. The largest absolute Gasteiger partial charge is 0.493 e. The zero-order valence-corrected chi connectivity index (χ0v) is 15.5. The van der Waals surface area contributed by atoms with Gasteiger partial charge in [-0.05, 0) is 31.0 Å². The summed E-state index contributed by atoms with van der Waals surface area (Å²) in [5.41, 5.74) is 1.35. The fraction of sp³-hybridized carbons (Fsp3) is 0.444. The topological polar surface area (TPSA) is 59.4 Å². The Kier molecular flexibility index (Phi) is 7.06. The molecular weight excluding hydrogens is 346 g/mol. The highest BCUT2D eigenvalue weighted by atomic mass is 35.5. The second kappa shape index (κ2) is 9.04. The summed E-state index contributed by atoms with van der Waals surface area (Å²) < 4.78 is 5.90. The van der Waals surface area contributed by atoms with Crippen molar-refractivity contribution in [2.75, 3.05) is 6.61 Å². The van der Waals surface area contributed by atoms with Crippen molar-refractivity contribution in [2.24, 2.45) is 0 Å². The summed E-state index contributed by atoms with van der Waals surface area (Å²) in [6.45, 7) is 4.70. The number of carboxylic acid groups (broad SMARTS) is 1. The molecule has 2 rings (SSSR count). The number of aryl methyl sites for hydroxylation is 1. The van der Waals surface area contributed by atoms with Gasteiger partial charge in [0.1, 0.15) is 15.6 Å². The van der Waals surface area contributed by atoms with E-state index in [-0.39, 0.29) is 4.88 Å². The number of benzene rings is 1. The fourth-order valence-corrected chi connectivity index (χ4v) is 3.57. The lowest BCUT2D eigenvalue weighted by atomic mass is 10.2. The number of ether oxygens (including phenoxy) is 1. The second-order valence-electron chi connectivity index (χ2n) is 5.50. The average Bonchev–Trinajstić information content (AvgIpc) is 3.00. The van der Waals surface area contributed by atoms with Gasteiger partial charge in [0.05, 0.1) is 17.9 Å². The van der Waals surface area contributed by atoms with Crippen molar-refractivity contribution >= 4 is 28.9 Å². The normalized spacial score (nSPS) is 10.8. The lowest BCUT2D eigenvalue weighted by Gasteiger charge is -2.10. The Morgan fingerprint density at radius 2 is 2.08 bits per heavy atom. The first kappa shape index (κ1) is 18.7. The molecular formula is C18H22ClNO3S. The number of hydrogen-bond acceptors (Lipinski definition) is 4. The molecule has 0 fully saturated rings. The highest BCUT2D eigenvalue weighted by Gasteiger charge is 2.19. The molecule has 0 radical (unpaired) electrons. The van der Waals surface area contributed by atoms with Gasteiger partial charge in [-0.15, -0.1) is 11.3 Å². The maximum absolute atomic E-state index is 11.4. The van der Waals surface area contributed by atoms with Crippen molar-refractivity contribution in [3.63, 3.8) is 0 Å². The van der Waals surface area contributed by atoms with Gasteiger partial charge in [0.2, 0.25) is 0 Å². The standard InChI is InChI=1S/C18H22ClNO3S/c1-3-5-6-7-10-23-15-9-8-12(19)11-13(15)17-20-14(4-2)16(24-17)18(21)22/h8-9,11H,3-7,10H2,1-2H3,(H,21,22). The van der Waals surface area contributed by atoms with Crippen LogP contribution in [0.4, 0.5) is 0 Å². The number of carbonyl (C=O) groups is 1. The first-order valence-corrected chi connectivity index (χ1v) is 9.42. The molecule has 24 heavy (non-hydrogen) atoms. The van der Waals surface area contributed by atoms with Gasteiger partial charge in [-0.3, -0.25) is 0 Å². The van der Waals surface area contributed by atoms with Gasteiger partial charge >= 0.3 is 5.97 Å². The third-order valence-corrected chi connectivity index (χ3v) is 5.01. The minimum Gasteiger partial charge on any atom is -0.493 e. The van der Waals surface area contributed by atoms with Crippen LogP contribution in [0.1, 0.15) is 54.9 Å². The average molecular weight is 368 g/mol. The quantitative estimate of drug-likeness (QED) is 0.579. The van der Waals surface area contributed by atoms with E-state index in [9.17, 15) is 9.90 Å². The van der Waals surface area contributed by atoms with Crippen molar-refractivity contribution in [3.05, 3.63) is 33.8 Å². The molecule has 0 saturated heterocycles. The van der Waals surface area contributed by atoms with Crippen molar-refractivity contribution < 1.29 is 14.6 Å². The molecule has 0 spiro atoms. The summed E-state index contributed by atoms with van der Waals surface area (Å²) in [6.07, 6.45) is 5.09. The molecule has 0 aliphatic rings. The van der Waals surface area contributed by atoms with E-state index in [0.29, 0.717) is 34.5 Å². The van der Waals surface area contributed by atoms with E-state index in [1.165, 1.54) is 24.2 Å². The van der Waals surface area contributed by atoms with Crippen molar-refractivity contribution in [2.45, 2.75) is 46.0 Å². The van der Waals surface area contributed by atoms with Gasteiger partial charge in [-0.1, -0.05) is 44.7 Å². The van der Waals surface area contributed by atoms with E-state index in [4.69, 9.17) is 16.3 Å². The third kappa shape index (κ3) is 4.71. The molecule has 1 aromatic heterocycles. The summed E-state index contributed by atoms with van der Waals surface area (Å²) in [5.74, 6) is -0.246. The molecule has 0 saturated carbocycles. The molecule has 1 heterocycles. The maximum atomic E-state index is 11.4. The van der Waals surface area contributed by atoms with Gasteiger partial charge in [0, 0.05) is 5.02 Å². The summed E-state index contributed by atoms with van der Waals surface area (Å²) >= 11 is 7.28. The minimum absolute atomic E-state index is 0.279. The number of thiazole rings is 1. The first-order valence-electron chi connectivity index (χ1n) is 8.22. The number of halogens is 1. The Hall–Kier alpha value is -1.59. The van der Waals surface area contributed by atoms with E-state index >= 15 is 0 Å². The number of rotatable bonds is 9. The smallest absolute Gasteiger partial charge is 0.347 e. The predicted octanol–water partition coefficient (Wildman–Crippen LogP) is 5.68. The van der Waals surface area contributed by atoms with Crippen LogP contribution in [0.3, 0.4) is 0 Å². The molecule has 1 aromatic carbocycles. The van der Waals surface area contributed by atoms with E-state index in [1.807, 2.05) is 13.0 Å². The number of nitrogens with zero attached hydrogens (tertiary/aromatic N) is 1. The summed E-state index contributed by atoms with van der Waals surface area (Å²) in [6, 6.07) is 5.39. The Labute approximate surface area is 151 Å². The Morgan fingerprint density at radius 1 is 1.29 bits per heavy atom. The molecule has 0 bridgehead atoms. The Balaban J connectivity index is 2.25. The maximum Gasteiger partial charge on any atom is 0.347 e. The third-order valence-electron chi connectivity index (χ3n) is 3.65. The van der Waals surface area contributed by atoms with Crippen LogP contribution in [-0.2, 0) is 6.42 Å². The van der Waals surface area contributed by atoms with E-state index in [1.54, 1.807) is 12.1 Å². The monoisotopic (exact) mass is 367 g/mol. The van der Waals surface area contributed by atoms with Crippen LogP contribution in [-0.4, -0.2) is 22.7 Å². The van der Waals surface area contributed by atoms with Gasteiger partial charge in [-0.25, -0.2) is 9.78 Å². The molecule has 6 heteroatoms. The zero-order chi connectivity index (χ0) is 17.5. The lowest BCUT2D eigenvalue weighted by molar-refractivity contribution is 0.0701. The number of unbranched alkanes of at least 4 members (excludes halogenated alkanes) is 3. The minimum atomic E-state index is -0.945. The van der Waals surface area contributed by atoms with Crippen molar-refractivity contribution in [1.29, 1.82) is 0 Å². The molecule has 1 N–H and O–H groups in total. The molecule has 130 valence electrons. The Bertz CT molecular complexity index is 700. The molecule has 2 aromatic rings. The van der Waals surface area contributed by atoms with Crippen LogP contribution in [0.2, 0.25) is 5.02 Å². The summed E-state index contributed by atoms with van der Waals surface area (Å²) in [7, 11) is 0. The highest BCUT2D eigenvalue weighted by Crippen LogP contribution is 2.36. The van der Waals surface area contributed by atoms with Crippen LogP contribution in [0, 0.1) is 0 Å². The van der Waals surface area contributed by atoms with Crippen molar-refractivity contribution in [1.82, 2.24) is 4.98 Å². The number of aromatic nitrogens is 1. The van der Waals surface area contributed by atoms with E-state index < -0.39 is 5.97 Å². The van der Waals surface area contributed by atoms with Crippen LogP contribution < -0.4 is 4.74 Å². The van der Waals surface area contributed by atoms with Crippen LogP contribution in [0.25, 0.3) is 10.6 Å².